The Morgan fingerprint density at radius 2 is 1.67 bits per heavy atom. The van der Waals surface area contributed by atoms with Crippen molar-refractivity contribution < 1.29 is 19.1 Å². The molecule has 174 valence electrons. The normalized spacial score (nSPS) is 21.1. The lowest BCUT2D eigenvalue weighted by atomic mass is 9.95. The molecule has 2 fully saturated rings. The Kier molecular flexibility index (Phi) is 6.48. The van der Waals surface area contributed by atoms with Crippen LogP contribution in [-0.2, 0) is 9.59 Å². The van der Waals surface area contributed by atoms with E-state index in [0.29, 0.717) is 19.8 Å². The van der Waals surface area contributed by atoms with Crippen LogP contribution in [0.1, 0.15) is 37.3 Å². The number of piperidine rings is 1. The van der Waals surface area contributed by atoms with E-state index in [1.54, 1.807) is 0 Å². The smallest absolute Gasteiger partial charge is 0.237 e. The first-order valence-corrected chi connectivity index (χ1v) is 11.9. The van der Waals surface area contributed by atoms with Gasteiger partial charge in [-0.05, 0) is 68.6 Å². The molecule has 7 nitrogen and oxygen atoms in total. The molecule has 2 aromatic carbocycles. The number of nitrogens with zero attached hydrogens (tertiary/aromatic N) is 2. The SMILES string of the molecule is O=C(Nc1ccccc1)C1CCN(CC(=O)N2CCC[C@@H]2c2ccc3c(c2)OCCO3)CC1. The number of para-hydroxylation sites is 1. The van der Waals surface area contributed by atoms with Gasteiger partial charge in [0.15, 0.2) is 11.5 Å². The van der Waals surface area contributed by atoms with Gasteiger partial charge >= 0.3 is 0 Å². The average Bonchev–Trinajstić information content (AvgIpc) is 3.35. The lowest BCUT2D eigenvalue weighted by Crippen LogP contribution is -2.44. The second-order valence-corrected chi connectivity index (χ2v) is 9.05. The van der Waals surface area contributed by atoms with Crippen LogP contribution in [0.25, 0.3) is 0 Å². The van der Waals surface area contributed by atoms with Crippen molar-refractivity contribution in [3.05, 3.63) is 54.1 Å². The molecule has 33 heavy (non-hydrogen) atoms. The van der Waals surface area contributed by atoms with Crippen molar-refractivity contribution in [2.45, 2.75) is 31.7 Å². The van der Waals surface area contributed by atoms with Crippen molar-refractivity contribution in [1.29, 1.82) is 0 Å². The Morgan fingerprint density at radius 1 is 0.909 bits per heavy atom. The zero-order valence-corrected chi connectivity index (χ0v) is 18.9. The van der Waals surface area contributed by atoms with Crippen LogP contribution in [0.15, 0.2) is 48.5 Å². The molecule has 1 atom stereocenters. The van der Waals surface area contributed by atoms with Crippen LogP contribution < -0.4 is 14.8 Å². The Hall–Kier alpha value is -3.06. The van der Waals surface area contributed by atoms with Crippen LogP contribution in [0, 0.1) is 5.92 Å². The van der Waals surface area contributed by atoms with Gasteiger partial charge in [0.1, 0.15) is 13.2 Å². The van der Waals surface area contributed by atoms with E-state index < -0.39 is 0 Å². The summed E-state index contributed by atoms with van der Waals surface area (Å²) < 4.78 is 11.4. The highest BCUT2D eigenvalue weighted by molar-refractivity contribution is 5.92. The number of hydrogen-bond donors (Lipinski definition) is 1. The highest BCUT2D eigenvalue weighted by atomic mass is 16.6. The maximum absolute atomic E-state index is 13.2. The van der Waals surface area contributed by atoms with E-state index >= 15 is 0 Å². The Balaban J connectivity index is 1.14. The average molecular weight is 450 g/mol. The van der Waals surface area contributed by atoms with Gasteiger partial charge in [0.05, 0.1) is 12.6 Å². The number of anilines is 1. The predicted octanol–water partition coefficient (Wildman–Crippen LogP) is 3.47. The second kappa shape index (κ2) is 9.83. The first-order valence-electron chi connectivity index (χ1n) is 11.9. The van der Waals surface area contributed by atoms with Gasteiger partial charge in [-0.1, -0.05) is 24.3 Å². The molecule has 0 unspecified atom stereocenters. The summed E-state index contributed by atoms with van der Waals surface area (Å²) in [5.74, 6) is 1.78. The van der Waals surface area contributed by atoms with Gasteiger partial charge in [-0.15, -0.1) is 0 Å². The second-order valence-electron chi connectivity index (χ2n) is 9.05. The third kappa shape index (κ3) is 4.98. The minimum absolute atomic E-state index is 0.00573. The first-order chi connectivity index (χ1) is 16.2. The number of benzene rings is 2. The molecule has 3 aliphatic heterocycles. The highest BCUT2D eigenvalue weighted by Crippen LogP contribution is 2.38. The minimum atomic E-state index is -0.00573. The molecule has 1 N–H and O–H groups in total. The number of rotatable bonds is 5. The fourth-order valence-corrected chi connectivity index (χ4v) is 5.08. The third-order valence-electron chi connectivity index (χ3n) is 6.88. The summed E-state index contributed by atoms with van der Waals surface area (Å²) >= 11 is 0. The van der Waals surface area contributed by atoms with Gasteiger partial charge < -0.3 is 19.7 Å². The van der Waals surface area contributed by atoms with E-state index in [1.807, 2.05) is 47.4 Å². The summed E-state index contributed by atoms with van der Waals surface area (Å²) in [5.41, 5.74) is 1.95. The van der Waals surface area contributed by atoms with E-state index in [1.165, 1.54) is 0 Å². The molecule has 0 aliphatic carbocycles. The van der Waals surface area contributed by atoms with Crippen molar-refractivity contribution in [1.82, 2.24) is 9.80 Å². The van der Waals surface area contributed by atoms with Crippen LogP contribution in [0.3, 0.4) is 0 Å². The molecule has 0 aromatic heterocycles. The number of ether oxygens (including phenoxy) is 2. The van der Waals surface area contributed by atoms with Gasteiger partial charge in [-0.2, -0.15) is 0 Å². The molecule has 0 spiro atoms. The molecule has 3 aliphatic rings. The topological polar surface area (TPSA) is 71.1 Å². The van der Waals surface area contributed by atoms with Crippen molar-refractivity contribution in [2.75, 3.05) is 44.7 Å². The maximum atomic E-state index is 13.2. The molecule has 2 amide bonds. The van der Waals surface area contributed by atoms with Crippen molar-refractivity contribution in [3.63, 3.8) is 0 Å². The van der Waals surface area contributed by atoms with Gasteiger partial charge in [-0.25, -0.2) is 0 Å². The molecule has 0 radical (unpaired) electrons. The molecule has 2 aromatic rings. The predicted molar refractivity (Wildman–Crippen MR) is 125 cm³/mol. The molecular formula is C26H31N3O4. The van der Waals surface area contributed by atoms with Gasteiger partial charge in [0.25, 0.3) is 0 Å². The van der Waals surface area contributed by atoms with Crippen molar-refractivity contribution >= 4 is 17.5 Å². The number of hydrogen-bond acceptors (Lipinski definition) is 5. The number of carbonyl (C=O) groups is 2. The lowest BCUT2D eigenvalue weighted by molar-refractivity contribution is -0.133. The van der Waals surface area contributed by atoms with E-state index in [0.717, 1.165) is 68.1 Å². The summed E-state index contributed by atoms with van der Waals surface area (Å²) in [6, 6.07) is 15.7. The van der Waals surface area contributed by atoms with Crippen molar-refractivity contribution in [3.8, 4) is 11.5 Å². The van der Waals surface area contributed by atoms with Crippen LogP contribution in [0.2, 0.25) is 0 Å². The fraction of sp³-hybridized carbons (Fsp3) is 0.462. The van der Waals surface area contributed by atoms with E-state index in [2.05, 4.69) is 16.3 Å². The Morgan fingerprint density at radius 3 is 2.45 bits per heavy atom. The van der Waals surface area contributed by atoms with Crippen LogP contribution >= 0.6 is 0 Å². The number of carbonyl (C=O) groups excluding carboxylic acids is 2. The molecule has 5 rings (SSSR count). The maximum Gasteiger partial charge on any atom is 0.237 e. The largest absolute Gasteiger partial charge is 0.486 e. The molecule has 2 saturated heterocycles. The quantitative estimate of drug-likeness (QED) is 0.757. The molecule has 7 heteroatoms. The Labute approximate surface area is 194 Å². The third-order valence-corrected chi connectivity index (χ3v) is 6.88. The molecular weight excluding hydrogens is 418 g/mol. The zero-order chi connectivity index (χ0) is 22.6. The number of amides is 2. The van der Waals surface area contributed by atoms with Gasteiger partial charge in [0.2, 0.25) is 11.8 Å². The van der Waals surface area contributed by atoms with Crippen LogP contribution in [0.4, 0.5) is 5.69 Å². The zero-order valence-electron chi connectivity index (χ0n) is 18.9. The van der Waals surface area contributed by atoms with Crippen LogP contribution in [-0.4, -0.2) is 61.0 Å². The number of fused-ring (bicyclic) bond motifs is 1. The summed E-state index contributed by atoms with van der Waals surface area (Å²) in [6.45, 7) is 3.86. The number of likely N-dealkylation sites (tertiary alicyclic amines) is 2. The summed E-state index contributed by atoms with van der Waals surface area (Å²) in [5, 5.41) is 3.01. The van der Waals surface area contributed by atoms with E-state index in [9.17, 15) is 9.59 Å². The van der Waals surface area contributed by atoms with Gasteiger partial charge in [-0.3, -0.25) is 14.5 Å². The van der Waals surface area contributed by atoms with Gasteiger partial charge in [0, 0.05) is 18.2 Å². The van der Waals surface area contributed by atoms with Crippen LogP contribution in [0.5, 0.6) is 11.5 Å². The number of nitrogens with one attached hydrogen (secondary N) is 1. The van der Waals surface area contributed by atoms with Crippen molar-refractivity contribution in [2.24, 2.45) is 5.92 Å². The van der Waals surface area contributed by atoms with E-state index in [4.69, 9.17) is 9.47 Å². The molecule has 0 bridgehead atoms. The summed E-state index contributed by atoms with van der Waals surface area (Å²) in [7, 11) is 0. The summed E-state index contributed by atoms with van der Waals surface area (Å²) in [6.07, 6.45) is 3.52. The fourth-order valence-electron chi connectivity index (χ4n) is 5.08. The lowest BCUT2D eigenvalue weighted by Gasteiger charge is -2.33. The van der Waals surface area contributed by atoms with E-state index in [-0.39, 0.29) is 23.8 Å². The monoisotopic (exact) mass is 449 g/mol. The standard InChI is InChI=1S/C26H31N3O4/c30-25(18-28-13-10-19(11-14-28)26(31)27-21-5-2-1-3-6-21)29-12-4-7-22(29)20-8-9-23-24(17-20)33-16-15-32-23/h1-3,5-6,8-9,17,19,22H,4,7,10-16,18H2,(H,27,31)/t22-/m1/s1. The highest BCUT2D eigenvalue weighted by Gasteiger charge is 2.33. The minimum Gasteiger partial charge on any atom is -0.486 e. The summed E-state index contributed by atoms with van der Waals surface area (Å²) in [4.78, 5) is 30.0. The Bertz CT molecular complexity index is 988. The molecule has 0 saturated carbocycles. The molecule has 3 heterocycles. The first kappa shape index (κ1) is 21.8.